The highest BCUT2D eigenvalue weighted by molar-refractivity contribution is 5.90. The summed E-state index contributed by atoms with van der Waals surface area (Å²) < 4.78 is 23.3. The van der Waals surface area contributed by atoms with Crippen molar-refractivity contribution in [1.82, 2.24) is 0 Å². The minimum atomic E-state index is -1.22. The highest BCUT2D eigenvalue weighted by atomic mass is 19.1. The Balaban J connectivity index is 2.61. The van der Waals surface area contributed by atoms with Crippen LogP contribution in [0.1, 0.15) is 24.2 Å². The lowest BCUT2D eigenvalue weighted by molar-refractivity contribution is 0.0538. The number of halogens is 1. The lowest BCUT2D eigenvalue weighted by Gasteiger charge is -2.11. The highest BCUT2D eigenvalue weighted by Gasteiger charge is 2.12. The summed E-state index contributed by atoms with van der Waals surface area (Å²) in [6.45, 7) is 4.36. The molecule has 0 saturated carbocycles. The summed E-state index contributed by atoms with van der Waals surface area (Å²) in [5, 5.41) is 8.86. The van der Waals surface area contributed by atoms with Crippen LogP contribution < -0.4 is 4.74 Å². The minimum Gasteiger partial charge on any atom is -0.490 e. The normalized spacial score (nSPS) is 10.6. The first-order valence-corrected chi connectivity index (χ1v) is 5.28. The van der Waals surface area contributed by atoms with Gasteiger partial charge in [0.1, 0.15) is 23.7 Å². The van der Waals surface area contributed by atoms with E-state index in [1.807, 2.05) is 13.8 Å². The third kappa shape index (κ3) is 4.40. The number of rotatable bonds is 6. The van der Waals surface area contributed by atoms with Crippen LogP contribution in [0.15, 0.2) is 18.2 Å². The van der Waals surface area contributed by atoms with Gasteiger partial charge in [0.05, 0.1) is 12.7 Å². The van der Waals surface area contributed by atoms with Crippen LogP contribution in [0.5, 0.6) is 5.75 Å². The molecule has 0 fully saturated rings. The fourth-order valence-electron chi connectivity index (χ4n) is 1.23. The van der Waals surface area contributed by atoms with Gasteiger partial charge in [0.25, 0.3) is 0 Å². The second-order valence-electron chi connectivity index (χ2n) is 3.71. The SMILES string of the molecule is CC(C)OCCOc1ccc(F)cc1C(=O)O. The molecule has 0 spiro atoms. The average Bonchev–Trinajstić information content (AvgIpc) is 2.25. The van der Waals surface area contributed by atoms with Gasteiger partial charge in [-0.05, 0) is 32.0 Å². The van der Waals surface area contributed by atoms with E-state index in [2.05, 4.69) is 0 Å². The summed E-state index contributed by atoms with van der Waals surface area (Å²) in [7, 11) is 0. The summed E-state index contributed by atoms with van der Waals surface area (Å²) >= 11 is 0. The van der Waals surface area contributed by atoms with Crippen LogP contribution in [0.2, 0.25) is 0 Å². The molecule has 1 aromatic carbocycles. The molecule has 0 heterocycles. The van der Waals surface area contributed by atoms with Crippen LogP contribution in [0.25, 0.3) is 0 Å². The largest absolute Gasteiger partial charge is 0.490 e. The molecule has 0 radical (unpaired) electrons. The second kappa shape index (κ2) is 6.20. The second-order valence-corrected chi connectivity index (χ2v) is 3.71. The Hall–Kier alpha value is -1.62. The molecule has 0 unspecified atom stereocenters. The molecule has 0 atom stereocenters. The molecule has 1 N–H and O–H groups in total. The van der Waals surface area contributed by atoms with Gasteiger partial charge in [0.15, 0.2) is 0 Å². The van der Waals surface area contributed by atoms with Crippen molar-refractivity contribution in [3.05, 3.63) is 29.6 Å². The van der Waals surface area contributed by atoms with Crippen molar-refractivity contribution in [2.24, 2.45) is 0 Å². The number of carboxylic acids is 1. The molecule has 0 amide bonds. The molecule has 0 aliphatic rings. The monoisotopic (exact) mass is 242 g/mol. The van der Waals surface area contributed by atoms with E-state index in [9.17, 15) is 9.18 Å². The van der Waals surface area contributed by atoms with Crippen molar-refractivity contribution in [3.8, 4) is 5.75 Å². The standard InChI is InChI=1S/C12H15FO4/c1-8(2)16-5-6-17-11-4-3-9(13)7-10(11)12(14)15/h3-4,7-8H,5-6H2,1-2H3,(H,14,15). The lowest BCUT2D eigenvalue weighted by Crippen LogP contribution is -2.12. The molecule has 0 saturated heterocycles. The molecular weight excluding hydrogens is 227 g/mol. The van der Waals surface area contributed by atoms with Crippen LogP contribution in [0.4, 0.5) is 4.39 Å². The van der Waals surface area contributed by atoms with Crippen LogP contribution in [0, 0.1) is 5.82 Å². The van der Waals surface area contributed by atoms with E-state index in [-0.39, 0.29) is 24.0 Å². The van der Waals surface area contributed by atoms with Gasteiger partial charge in [-0.25, -0.2) is 9.18 Å². The maximum atomic E-state index is 12.9. The van der Waals surface area contributed by atoms with Gasteiger partial charge in [0.2, 0.25) is 0 Å². The molecule has 4 nitrogen and oxygen atoms in total. The van der Waals surface area contributed by atoms with E-state index in [1.165, 1.54) is 6.07 Å². The Labute approximate surface area is 99.0 Å². The molecule has 5 heteroatoms. The van der Waals surface area contributed by atoms with Crippen molar-refractivity contribution in [1.29, 1.82) is 0 Å². The maximum Gasteiger partial charge on any atom is 0.339 e. The summed E-state index contributed by atoms with van der Waals surface area (Å²) in [6, 6.07) is 3.39. The summed E-state index contributed by atoms with van der Waals surface area (Å²) in [4.78, 5) is 10.8. The van der Waals surface area contributed by atoms with E-state index in [0.717, 1.165) is 12.1 Å². The van der Waals surface area contributed by atoms with Crippen LogP contribution in [-0.4, -0.2) is 30.4 Å². The maximum absolute atomic E-state index is 12.9. The molecule has 0 bridgehead atoms. The number of benzene rings is 1. The van der Waals surface area contributed by atoms with E-state index in [1.54, 1.807) is 0 Å². The third-order valence-corrected chi connectivity index (χ3v) is 1.96. The first kappa shape index (κ1) is 13.4. The minimum absolute atomic E-state index is 0.0887. The zero-order valence-electron chi connectivity index (χ0n) is 9.77. The van der Waals surface area contributed by atoms with Crippen LogP contribution in [-0.2, 0) is 4.74 Å². The molecule has 0 aliphatic carbocycles. The molecule has 94 valence electrons. The van der Waals surface area contributed by atoms with Gasteiger partial charge >= 0.3 is 5.97 Å². The summed E-state index contributed by atoms with van der Waals surface area (Å²) in [5.74, 6) is -1.68. The van der Waals surface area contributed by atoms with Gasteiger partial charge < -0.3 is 14.6 Å². The van der Waals surface area contributed by atoms with Crippen molar-refractivity contribution in [2.45, 2.75) is 20.0 Å². The van der Waals surface area contributed by atoms with Gasteiger partial charge in [0, 0.05) is 0 Å². The van der Waals surface area contributed by atoms with Crippen molar-refractivity contribution < 1.29 is 23.8 Å². The lowest BCUT2D eigenvalue weighted by atomic mass is 10.2. The Bertz CT molecular complexity index is 390. The van der Waals surface area contributed by atoms with Crippen molar-refractivity contribution >= 4 is 5.97 Å². The molecule has 1 aromatic rings. The fraction of sp³-hybridized carbons (Fsp3) is 0.417. The molecule has 0 aromatic heterocycles. The van der Waals surface area contributed by atoms with Gasteiger partial charge in [-0.15, -0.1) is 0 Å². The summed E-state index contributed by atoms with van der Waals surface area (Å²) in [5.41, 5.74) is -0.186. The predicted octanol–water partition coefficient (Wildman–Crippen LogP) is 2.33. The fourth-order valence-corrected chi connectivity index (χ4v) is 1.23. The first-order valence-electron chi connectivity index (χ1n) is 5.28. The van der Waals surface area contributed by atoms with E-state index < -0.39 is 11.8 Å². The van der Waals surface area contributed by atoms with Gasteiger partial charge in [-0.1, -0.05) is 0 Å². The Morgan fingerprint density at radius 3 is 2.71 bits per heavy atom. The van der Waals surface area contributed by atoms with Crippen molar-refractivity contribution in [2.75, 3.05) is 13.2 Å². The molecular formula is C12H15FO4. The number of carbonyl (C=O) groups is 1. The predicted molar refractivity (Wildman–Crippen MR) is 59.9 cm³/mol. The quantitative estimate of drug-likeness (QED) is 0.778. The molecule has 17 heavy (non-hydrogen) atoms. The first-order chi connectivity index (χ1) is 8.00. The van der Waals surface area contributed by atoms with Gasteiger partial charge in [-0.3, -0.25) is 0 Å². The van der Waals surface area contributed by atoms with E-state index in [4.69, 9.17) is 14.6 Å². The number of hydrogen-bond acceptors (Lipinski definition) is 3. The number of ether oxygens (including phenoxy) is 2. The zero-order valence-corrected chi connectivity index (χ0v) is 9.77. The smallest absolute Gasteiger partial charge is 0.339 e. The zero-order chi connectivity index (χ0) is 12.8. The third-order valence-electron chi connectivity index (χ3n) is 1.96. The number of hydrogen-bond donors (Lipinski definition) is 1. The average molecular weight is 242 g/mol. The molecule has 0 aliphatic heterocycles. The topological polar surface area (TPSA) is 55.8 Å². The highest BCUT2D eigenvalue weighted by Crippen LogP contribution is 2.19. The number of aromatic carboxylic acids is 1. The van der Waals surface area contributed by atoms with Crippen LogP contribution >= 0.6 is 0 Å². The van der Waals surface area contributed by atoms with E-state index >= 15 is 0 Å². The molecule has 1 rings (SSSR count). The van der Waals surface area contributed by atoms with Crippen LogP contribution in [0.3, 0.4) is 0 Å². The Morgan fingerprint density at radius 2 is 2.12 bits per heavy atom. The van der Waals surface area contributed by atoms with E-state index in [0.29, 0.717) is 6.61 Å². The Kier molecular flexibility index (Phi) is 4.90. The van der Waals surface area contributed by atoms with Gasteiger partial charge in [-0.2, -0.15) is 0 Å². The number of carboxylic acid groups (broad SMARTS) is 1. The Morgan fingerprint density at radius 1 is 1.41 bits per heavy atom. The van der Waals surface area contributed by atoms with Crippen molar-refractivity contribution in [3.63, 3.8) is 0 Å². The summed E-state index contributed by atoms with van der Waals surface area (Å²) in [6.07, 6.45) is 0.0887.